The third-order valence-corrected chi connectivity index (χ3v) is 3.35. The van der Waals surface area contributed by atoms with Gasteiger partial charge >= 0.3 is 5.97 Å². The molecule has 7 heteroatoms. The van der Waals surface area contributed by atoms with Gasteiger partial charge in [-0.3, -0.25) is 4.79 Å². The Morgan fingerprint density at radius 3 is 2.43 bits per heavy atom. The van der Waals surface area contributed by atoms with E-state index in [4.69, 9.17) is 14.6 Å². The van der Waals surface area contributed by atoms with Gasteiger partial charge in [-0.25, -0.2) is 4.79 Å². The second-order valence-corrected chi connectivity index (χ2v) is 4.84. The molecule has 122 valence electrons. The summed E-state index contributed by atoms with van der Waals surface area (Å²) in [5.74, 6) is -0.705. The zero-order valence-corrected chi connectivity index (χ0v) is 13.0. The number of amides is 1. The Labute approximate surface area is 133 Å². The first-order valence-electron chi connectivity index (χ1n) is 6.95. The fourth-order valence-electron chi connectivity index (χ4n) is 2.07. The number of carbonyl (C=O) groups is 2. The SMILES string of the molecule is CNC(=O)c1[nH]c(C(=O)O)cc1OC(C)c1ccc(OC)cc1. The monoisotopic (exact) mass is 318 g/mol. The second kappa shape index (κ2) is 6.87. The van der Waals surface area contributed by atoms with Gasteiger partial charge in [-0.05, 0) is 24.6 Å². The number of aromatic carboxylic acids is 1. The van der Waals surface area contributed by atoms with Gasteiger partial charge in [-0.15, -0.1) is 0 Å². The number of methoxy groups -OCH3 is 1. The molecule has 0 saturated carbocycles. The highest BCUT2D eigenvalue weighted by Gasteiger charge is 2.21. The number of carboxylic acids is 1. The highest BCUT2D eigenvalue weighted by Crippen LogP contribution is 2.27. The van der Waals surface area contributed by atoms with Crippen LogP contribution >= 0.6 is 0 Å². The first-order chi connectivity index (χ1) is 11.0. The Bertz CT molecular complexity index is 706. The van der Waals surface area contributed by atoms with E-state index in [1.807, 2.05) is 19.1 Å². The molecule has 2 rings (SSSR count). The Morgan fingerprint density at radius 1 is 1.26 bits per heavy atom. The molecular weight excluding hydrogens is 300 g/mol. The van der Waals surface area contributed by atoms with Crippen molar-refractivity contribution in [1.82, 2.24) is 10.3 Å². The van der Waals surface area contributed by atoms with Gasteiger partial charge in [0.2, 0.25) is 0 Å². The summed E-state index contributed by atoms with van der Waals surface area (Å²) in [5.41, 5.74) is 0.831. The van der Waals surface area contributed by atoms with Crippen molar-refractivity contribution in [2.24, 2.45) is 0 Å². The summed E-state index contributed by atoms with van der Waals surface area (Å²) in [6.45, 7) is 1.81. The van der Waals surface area contributed by atoms with Gasteiger partial charge in [-0.2, -0.15) is 0 Å². The number of nitrogens with one attached hydrogen (secondary N) is 2. The summed E-state index contributed by atoms with van der Waals surface area (Å²) in [6.07, 6.45) is -0.373. The molecule has 0 aliphatic heterocycles. The topological polar surface area (TPSA) is 101 Å². The molecule has 2 aromatic rings. The number of hydrogen-bond donors (Lipinski definition) is 3. The molecule has 0 aliphatic carbocycles. The molecule has 1 heterocycles. The number of aromatic amines is 1. The molecule has 0 bridgehead atoms. The van der Waals surface area contributed by atoms with Crippen LogP contribution in [-0.2, 0) is 0 Å². The Kier molecular flexibility index (Phi) is 4.90. The summed E-state index contributed by atoms with van der Waals surface area (Å²) in [7, 11) is 3.04. The third-order valence-electron chi connectivity index (χ3n) is 3.35. The first-order valence-corrected chi connectivity index (χ1v) is 6.95. The molecule has 23 heavy (non-hydrogen) atoms. The van der Waals surface area contributed by atoms with Crippen molar-refractivity contribution in [3.63, 3.8) is 0 Å². The van der Waals surface area contributed by atoms with E-state index >= 15 is 0 Å². The van der Waals surface area contributed by atoms with E-state index in [1.165, 1.54) is 13.1 Å². The Morgan fingerprint density at radius 2 is 1.91 bits per heavy atom. The normalized spacial score (nSPS) is 11.6. The van der Waals surface area contributed by atoms with Crippen LogP contribution in [-0.4, -0.2) is 36.1 Å². The molecule has 1 aromatic heterocycles. The van der Waals surface area contributed by atoms with Crippen LogP contribution in [0.1, 0.15) is 39.6 Å². The summed E-state index contributed by atoms with van der Waals surface area (Å²) in [6, 6.07) is 8.58. The predicted molar refractivity (Wildman–Crippen MR) is 83.2 cm³/mol. The van der Waals surface area contributed by atoms with E-state index in [-0.39, 0.29) is 23.2 Å². The van der Waals surface area contributed by atoms with Gasteiger partial charge in [0.05, 0.1) is 7.11 Å². The van der Waals surface area contributed by atoms with E-state index in [9.17, 15) is 9.59 Å². The maximum atomic E-state index is 11.8. The van der Waals surface area contributed by atoms with Gasteiger partial charge in [0.15, 0.2) is 5.75 Å². The van der Waals surface area contributed by atoms with Crippen LogP contribution in [0.4, 0.5) is 0 Å². The lowest BCUT2D eigenvalue weighted by molar-refractivity contribution is 0.0691. The van der Waals surface area contributed by atoms with Crippen LogP contribution < -0.4 is 14.8 Å². The third kappa shape index (κ3) is 3.63. The summed E-state index contributed by atoms with van der Waals surface area (Å²) in [4.78, 5) is 25.5. The van der Waals surface area contributed by atoms with Crippen molar-refractivity contribution < 1.29 is 24.2 Å². The van der Waals surface area contributed by atoms with Gasteiger partial charge in [0.1, 0.15) is 23.2 Å². The summed E-state index contributed by atoms with van der Waals surface area (Å²) in [5, 5.41) is 11.5. The average molecular weight is 318 g/mol. The molecule has 7 nitrogen and oxygen atoms in total. The zero-order valence-electron chi connectivity index (χ0n) is 13.0. The molecule has 1 unspecified atom stereocenters. The van der Waals surface area contributed by atoms with E-state index in [2.05, 4.69) is 10.3 Å². The van der Waals surface area contributed by atoms with Crippen LogP contribution in [0, 0.1) is 0 Å². The van der Waals surface area contributed by atoms with Crippen molar-refractivity contribution in [3.05, 3.63) is 47.3 Å². The van der Waals surface area contributed by atoms with Crippen LogP contribution in [0.2, 0.25) is 0 Å². The molecule has 0 saturated heterocycles. The zero-order chi connectivity index (χ0) is 17.0. The van der Waals surface area contributed by atoms with Gasteiger partial charge in [0.25, 0.3) is 5.91 Å². The number of hydrogen-bond acceptors (Lipinski definition) is 4. The molecular formula is C16H18N2O5. The number of carboxylic acid groups (broad SMARTS) is 1. The van der Waals surface area contributed by atoms with Crippen LogP contribution in [0.25, 0.3) is 0 Å². The fraction of sp³-hybridized carbons (Fsp3) is 0.250. The van der Waals surface area contributed by atoms with E-state index in [1.54, 1.807) is 19.2 Å². The van der Waals surface area contributed by atoms with Crippen molar-refractivity contribution in [2.75, 3.05) is 14.2 Å². The summed E-state index contributed by atoms with van der Waals surface area (Å²) < 4.78 is 10.9. The number of rotatable bonds is 6. The van der Waals surface area contributed by atoms with Crippen LogP contribution in [0.15, 0.2) is 30.3 Å². The lowest BCUT2D eigenvalue weighted by Gasteiger charge is -2.15. The predicted octanol–water partition coefficient (Wildman–Crippen LogP) is 2.22. The van der Waals surface area contributed by atoms with Crippen molar-refractivity contribution in [2.45, 2.75) is 13.0 Å². The standard InChI is InChI=1S/C16H18N2O5/c1-9(10-4-6-11(22-3)7-5-10)23-13-8-12(16(20)21)18-14(13)15(19)17-2/h4-9,18H,1-3H3,(H,17,19)(H,20,21). The first kappa shape index (κ1) is 16.4. The van der Waals surface area contributed by atoms with E-state index < -0.39 is 11.9 Å². The van der Waals surface area contributed by atoms with Crippen molar-refractivity contribution in [3.8, 4) is 11.5 Å². The smallest absolute Gasteiger partial charge is 0.352 e. The lowest BCUT2D eigenvalue weighted by atomic mass is 10.1. The molecule has 1 aromatic carbocycles. The molecule has 1 atom stereocenters. The number of H-pyrrole nitrogens is 1. The minimum Gasteiger partial charge on any atom is -0.497 e. The quantitative estimate of drug-likeness (QED) is 0.758. The summed E-state index contributed by atoms with van der Waals surface area (Å²) >= 11 is 0. The molecule has 0 spiro atoms. The number of carbonyl (C=O) groups excluding carboxylic acids is 1. The second-order valence-electron chi connectivity index (χ2n) is 4.84. The molecule has 1 amide bonds. The van der Waals surface area contributed by atoms with E-state index in [0.717, 1.165) is 11.3 Å². The average Bonchev–Trinajstić information content (AvgIpc) is 2.98. The van der Waals surface area contributed by atoms with Crippen LogP contribution in [0.3, 0.4) is 0 Å². The van der Waals surface area contributed by atoms with Gasteiger partial charge in [-0.1, -0.05) is 12.1 Å². The lowest BCUT2D eigenvalue weighted by Crippen LogP contribution is -2.19. The minimum absolute atomic E-state index is 0.0743. The van der Waals surface area contributed by atoms with Crippen molar-refractivity contribution in [1.29, 1.82) is 0 Å². The maximum absolute atomic E-state index is 11.8. The molecule has 0 fully saturated rings. The van der Waals surface area contributed by atoms with Crippen molar-refractivity contribution >= 4 is 11.9 Å². The minimum atomic E-state index is -1.16. The Balaban J connectivity index is 2.26. The Hall–Kier alpha value is -2.96. The molecule has 0 aliphatic rings. The number of aromatic nitrogens is 1. The van der Waals surface area contributed by atoms with Gasteiger partial charge in [0, 0.05) is 13.1 Å². The van der Waals surface area contributed by atoms with Gasteiger partial charge < -0.3 is 24.9 Å². The highest BCUT2D eigenvalue weighted by atomic mass is 16.5. The van der Waals surface area contributed by atoms with Crippen LogP contribution in [0.5, 0.6) is 11.5 Å². The fourth-order valence-corrected chi connectivity index (χ4v) is 2.07. The molecule has 3 N–H and O–H groups in total. The largest absolute Gasteiger partial charge is 0.497 e. The highest BCUT2D eigenvalue weighted by molar-refractivity contribution is 5.97. The number of ether oxygens (including phenoxy) is 2. The maximum Gasteiger partial charge on any atom is 0.352 e. The molecule has 0 radical (unpaired) electrons. The number of benzene rings is 1. The van der Waals surface area contributed by atoms with E-state index in [0.29, 0.717) is 0 Å².